The number of nitrogens with zero attached hydrogens (tertiary/aromatic N) is 1. The molecule has 0 unspecified atom stereocenters. The van der Waals surface area contributed by atoms with Gasteiger partial charge in [-0.15, -0.1) is 0 Å². The van der Waals surface area contributed by atoms with E-state index >= 15 is 0 Å². The Morgan fingerprint density at radius 3 is 2.48 bits per heavy atom. The number of likely N-dealkylation sites (N-methyl/N-ethyl adjacent to an activating group) is 1. The highest BCUT2D eigenvalue weighted by Gasteiger charge is 2.16. The highest BCUT2D eigenvalue weighted by molar-refractivity contribution is 6.06. The number of anilines is 1. The third kappa shape index (κ3) is 3.61. The van der Waals surface area contributed by atoms with Gasteiger partial charge in [-0.05, 0) is 55.9 Å². The van der Waals surface area contributed by atoms with Crippen LogP contribution in [0.5, 0.6) is 5.75 Å². The van der Waals surface area contributed by atoms with Crippen LogP contribution in [0.15, 0.2) is 48.5 Å². The second kappa shape index (κ2) is 6.90. The molecule has 2 N–H and O–H groups in total. The molecule has 0 atom stereocenters. The first kappa shape index (κ1) is 15.1. The third-order valence-corrected chi connectivity index (χ3v) is 3.43. The molecule has 0 radical (unpaired) electrons. The molecule has 4 nitrogen and oxygen atoms in total. The minimum absolute atomic E-state index is 0.0487. The van der Waals surface area contributed by atoms with Crippen molar-refractivity contribution in [3.8, 4) is 5.75 Å². The van der Waals surface area contributed by atoms with Crippen molar-refractivity contribution in [1.82, 2.24) is 5.32 Å². The summed E-state index contributed by atoms with van der Waals surface area (Å²) in [6.07, 6.45) is 0.807. The van der Waals surface area contributed by atoms with E-state index in [1.807, 2.05) is 31.3 Å². The number of hydrogen-bond donors (Lipinski definition) is 2. The summed E-state index contributed by atoms with van der Waals surface area (Å²) in [7, 11) is 3.64. The molecule has 0 saturated heterocycles. The average molecular weight is 284 g/mol. The first-order valence-electron chi connectivity index (χ1n) is 6.93. The predicted octanol–water partition coefficient (Wildman–Crippen LogP) is 2.43. The van der Waals surface area contributed by atoms with Gasteiger partial charge in [0, 0.05) is 18.3 Å². The summed E-state index contributed by atoms with van der Waals surface area (Å²) in [6, 6.07) is 14.3. The molecule has 2 rings (SSSR count). The molecule has 0 spiro atoms. The van der Waals surface area contributed by atoms with Crippen LogP contribution in [0.1, 0.15) is 15.9 Å². The third-order valence-electron chi connectivity index (χ3n) is 3.43. The smallest absolute Gasteiger partial charge is 0.258 e. The molecule has 21 heavy (non-hydrogen) atoms. The lowest BCUT2D eigenvalue weighted by atomic mass is 10.0. The van der Waals surface area contributed by atoms with Gasteiger partial charge in [0.25, 0.3) is 5.91 Å². The maximum Gasteiger partial charge on any atom is 0.258 e. The van der Waals surface area contributed by atoms with Crippen LogP contribution in [-0.2, 0) is 6.42 Å². The van der Waals surface area contributed by atoms with Crippen LogP contribution >= 0.6 is 0 Å². The molecule has 2 aromatic rings. The second-order valence-corrected chi connectivity index (χ2v) is 4.89. The number of hydrogen-bond acceptors (Lipinski definition) is 3. The predicted molar refractivity (Wildman–Crippen MR) is 84.9 cm³/mol. The molecular formula is C17H20N2O2. The maximum atomic E-state index is 12.7. The Bertz CT molecular complexity index is 608. The highest BCUT2D eigenvalue weighted by atomic mass is 16.3. The summed E-state index contributed by atoms with van der Waals surface area (Å²) in [5.41, 5.74) is 2.49. The Hall–Kier alpha value is -2.33. The summed E-state index contributed by atoms with van der Waals surface area (Å²) in [4.78, 5) is 14.3. The van der Waals surface area contributed by atoms with Crippen molar-refractivity contribution in [2.24, 2.45) is 0 Å². The van der Waals surface area contributed by atoms with Gasteiger partial charge in [-0.25, -0.2) is 0 Å². The minimum Gasteiger partial charge on any atom is -0.508 e. The van der Waals surface area contributed by atoms with E-state index in [4.69, 9.17) is 0 Å². The molecule has 0 saturated carbocycles. The number of nitrogens with one attached hydrogen (secondary N) is 1. The van der Waals surface area contributed by atoms with Crippen LogP contribution < -0.4 is 10.2 Å². The van der Waals surface area contributed by atoms with Crippen molar-refractivity contribution in [1.29, 1.82) is 0 Å². The Morgan fingerprint density at radius 1 is 1.14 bits per heavy atom. The molecule has 2 aromatic carbocycles. The standard InChI is InChI=1S/C17H20N2O2/c1-18-12-11-13-5-3-4-6-16(13)17(21)19(2)14-7-9-15(20)10-8-14/h3-10,18,20H,11-12H2,1-2H3. The first-order chi connectivity index (χ1) is 10.1. The molecule has 0 fully saturated rings. The number of benzene rings is 2. The molecular weight excluding hydrogens is 264 g/mol. The zero-order valence-corrected chi connectivity index (χ0v) is 12.3. The van der Waals surface area contributed by atoms with Gasteiger partial charge in [0.15, 0.2) is 0 Å². The normalized spacial score (nSPS) is 10.4. The Labute approximate surface area is 125 Å². The molecule has 110 valence electrons. The molecule has 1 amide bonds. The van der Waals surface area contributed by atoms with E-state index in [0.717, 1.165) is 24.2 Å². The Morgan fingerprint density at radius 2 is 1.81 bits per heavy atom. The van der Waals surface area contributed by atoms with Crippen LogP contribution in [-0.4, -0.2) is 31.7 Å². The van der Waals surface area contributed by atoms with E-state index in [-0.39, 0.29) is 11.7 Å². The van der Waals surface area contributed by atoms with E-state index in [2.05, 4.69) is 5.32 Å². The quantitative estimate of drug-likeness (QED) is 0.886. The van der Waals surface area contributed by atoms with Gasteiger partial charge < -0.3 is 15.3 Å². The lowest BCUT2D eigenvalue weighted by molar-refractivity contribution is 0.0992. The van der Waals surface area contributed by atoms with Gasteiger partial charge >= 0.3 is 0 Å². The first-order valence-corrected chi connectivity index (χ1v) is 6.93. The van der Waals surface area contributed by atoms with Gasteiger partial charge in [-0.1, -0.05) is 18.2 Å². The van der Waals surface area contributed by atoms with Crippen LogP contribution in [0.3, 0.4) is 0 Å². The minimum atomic E-state index is -0.0487. The fraction of sp³-hybridized carbons (Fsp3) is 0.235. The highest BCUT2D eigenvalue weighted by Crippen LogP contribution is 2.20. The number of rotatable bonds is 5. The van der Waals surface area contributed by atoms with Crippen LogP contribution in [0, 0.1) is 0 Å². The monoisotopic (exact) mass is 284 g/mol. The van der Waals surface area contributed by atoms with Crippen LogP contribution in [0.4, 0.5) is 5.69 Å². The fourth-order valence-corrected chi connectivity index (χ4v) is 2.18. The van der Waals surface area contributed by atoms with Gasteiger partial charge in [0.2, 0.25) is 0 Å². The summed E-state index contributed by atoms with van der Waals surface area (Å²) in [5, 5.41) is 12.4. The Kier molecular flexibility index (Phi) is 4.95. The van der Waals surface area contributed by atoms with Gasteiger partial charge in [0.1, 0.15) is 5.75 Å². The summed E-state index contributed by atoms with van der Waals surface area (Å²) in [5.74, 6) is 0.140. The number of aromatic hydroxyl groups is 1. The number of phenolic OH excluding ortho intramolecular Hbond substituents is 1. The van der Waals surface area contributed by atoms with Crippen molar-refractivity contribution in [2.45, 2.75) is 6.42 Å². The van der Waals surface area contributed by atoms with Crippen molar-refractivity contribution < 1.29 is 9.90 Å². The second-order valence-electron chi connectivity index (χ2n) is 4.89. The lowest BCUT2D eigenvalue weighted by Crippen LogP contribution is -2.27. The molecule has 0 bridgehead atoms. The van der Waals surface area contributed by atoms with E-state index in [0.29, 0.717) is 5.56 Å². The van der Waals surface area contributed by atoms with E-state index in [1.54, 1.807) is 36.2 Å². The van der Waals surface area contributed by atoms with Crippen LogP contribution in [0.25, 0.3) is 0 Å². The topological polar surface area (TPSA) is 52.6 Å². The molecule has 0 aliphatic carbocycles. The largest absolute Gasteiger partial charge is 0.508 e. The number of amides is 1. The lowest BCUT2D eigenvalue weighted by Gasteiger charge is -2.19. The molecule has 0 aliphatic rings. The van der Waals surface area contributed by atoms with Crippen molar-refractivity contribution in [3.05, 3.63) is 59.7 Å². The molecule has 4 heteroatoms. The molecule has 0 aliphatic heterocycles. The number of phenols is 1. The molecule has 0 aromatic heterocycles. The van der Waals surface area contributed by atoms with Crippen molar-refractivity contribution in [3.63, 3.8) is 0 Å². The van der Waals surface area contributed by atoms with Crippen LogP contribution in [0.2, 0.25) is 0 Å². The zero-order valence-electron chi connectivity index (χ0n) is 12.3. The fourth-order valence-electron chi connectivity index (χ4n) is 2.18. The summed E-state index contributed by atoms with van der Waals surface area (Å²) >= 11 is 0. The van der Waals surface area contributed by atoms with E-state index in [1.165, 1.54) is 0 Å². The molecule has 0 heterocycles. The number of carbonyl (C=O) groups excluding carboxylic acids is 1. The summed E-state index contributed by atoms with van der Waals surface area (Å²) < 4.78 is 0. The van der Waals surface area contributed by atoms with E-state index < -0.39 is 0 Å². The van der Waals surface area contributed by atoms with E-state index in [9.17, 15) is 9.90 Å². The van der Waals surface area contributed by atoms with Gasteiger partial charge in [0.05, 0.1) is 0 Å². The zero-order chi connectivity index (χ0) is 15.2. The maximum absolute atomic E-state index is 12.7. The summed E-state index contributed by atoms with van der Waals surface area (Å²) in [6.45, 7) is 0.827. The SMILES string of the molecule is CNCCc1ccccc1C(=O)N(C)c1ccc(O)cc1. The van der Waals surface area contributed by atoms with Crippen molar-refractivity contribution in [2.75, 3.05) is 25.5 Å². The van der Waals surface area contributed by atoms with Gasteiger partial charge in [-0.2, -0.15) is 0 Å². The number of carbonyl (C=O) groups is 1. The van der Waals surface area contributed by atoms with Crippen molar-refractivity contribution >= 4 is 11.6 Å². The van der Waals surface area contributed by atoms with Gasteiger partial charge in [-0.3, -0.25) is 4.79 Å². The Balaban J connectivity index is 2.24. The average Bonchev–Trinajstić information content (AvgIpc) is 2.52.